The lowest BCUT2D eigenvalue weighted by Gasteiger charge is -2.32. The van der Waals surface area contributed by atoms with E-state index in [4.69, 9.17) is 15.2 Å². The van der Waals surface area contributed by atoms with Gasteiger partial charge in [-0.2, -0.15) is 0 Å². The molecule has 0 bridgehead atoms. The standard InChI is InChI=1S/C15H24N2O2/c1-11(16)15(12-5-4-8-17-10-12)19-14-7-3-6-13(9-14)18-2/h4-5,8,10-11,13-15H,3,6-7,9,16H2,1-2H3. The first-order valence-corrected chi connectivity index (χ1v) is 7.04. The van der Waals surface area contributed by atoms with Crippen LogP contribution in [0.2, 0.25) is 0 Å². The molecule has 4 heteroatoms. The van der Waals surface area contributed by atoms with Gasteiger partial charge in [-0.1, -0.05) is 6.07 Å². The molecule has 4 nitrogen and oxygen atoms in total. The second kappa shape index (κ2) is 6.98. The van der Waals surface area contributed by atoms with Crippen molar-refractivity contribution in [1.29, 1.82) is 0 Å². The van der Waals surface area contributed by atoms with Gasteiger partial charge in [0.2, 0.25) is 0 Å². The van der Waals surface area contributed by atoms with Crippen LogP contribution in [0.3, 0.4) is 0 Å². The van der Waals surface area contributed by atoms with Gasteiger partial charge in [-0.3, -0.25) is 4.98 Å². The largest absolute Gasteiger partial charge is 0.381 e. The zero-order valence-corrected chi connectivity index (χ0v) is 11.8. The number of hydrogen-bond acceptors (Lipinski definition) is 4. The Morgan fingerprint density at radius 1 is 1.37 bits per heavy atom. The molecule has 1 saturated carbocycles. The highest BCUT2D eigenvalue weighted by Crippen LogP contribution is 2.29. The molecule has 0 aromatic carbocycles. The van der Waals surface area contributed by atoms with E-state index in [0.717, 1.165) is 31.2 Å². The van der Waals surface area contributed by atoms with Crippen LogP contribution in [-0.4, -0.2) is 30.3 Å². The van der Waals surface area contributed by atoms with Crippen LogP contribution in [0, 0.1) is 0 Å². The van der Waals surface area contributed by atoms with Crippen LogP contribution in [0.4, 0.5) is 0 Å². The highest BCUT2D eigenvalue weighted by atomic mass is 16.5. The Labute approximate surface area is 115 Å². The molecule has 1 aromatic heterocycles. The van der Waals surface area contributed by atoms with Gasteiger partial charge < -0.3 is 15.2 Å². The number of hydrogen-bond donors (Lipinski definition) is 1. The maximum Gasteiger partial charge on any atom is 0.0991 e. The van der Waals surface area contributed by atoms with Gasteiger partial charge in [-0.25, -0.2) is 0 Å². The number of pyridine rings is 1. The lowest BCUT2D eigenvalue weighted by molar-refractivity contribution is -0.0726. The molecule has 1 aliphatic rings. The Morgan fingerprint density at radius 2 is 2.16 bits per heavy atom. The van der Waals surface area contributed by atoms with E-state index in [1.165, 1.54) is 0 Å². The van der Waals surface area contributed by atoms with Crippen LogP contribution in [0.25, 0.3) is 0 Å². The number of nitrogens with zero attached hydrogens (tertiary/aromatic N) is 1. The van der Waals surface area contributed by atoms with Crippen LogP contribution in [0.5, 0.6) is 0 Å². The molecule has 19 heavy (non-hydrogen) atoms. The van der Waals surface area contributed by atoms with Crippen LogP contribution in [0.1, 0.15) is 44.3 Å². The summed E-state index contributed by atoms with van der Waals surface area (Å²) in [5.74, 6) is 0. The Kier molecular flexibility index (Phi) is 5.31. The third kappa shape index (κ3) is 4.00. The van der Waals surface area contributed by atoms with Gasteiger partial charge in [0.25, 0.3) is 0 Å². The summed E-state index contributed by atoms with van der Waals surface area (Å²) in [6.45, 7) is 1.98. The first-order chi connectivity index (χ1) is 9.20. The molecular weight excluding hydrogens is 240 g/mol. The van der Waals surface area contributed by atoms with Gasteiger partial charge >= 0.3 is 0 Å². The molecular formula is C15H24N2O2. The molecule has 0 spiro atoms. The smallest absolute Gasteiger partial charge is 0.0991 e. The zero-order chi connectivity index (χ0) is 13.7. The van der Waals surface area contributed by atoms with Gasteiger partial charge in [-0.15, -0.1) is 0 Å². The average Bonchev–Trinajstić information content (AvgIpc) is 2.45. The summed E-state index contributed by atoms with van der Waals surface area (Å²) in [4.78, 5) is 4.15. The number of ether oxygens (including phenoxy) is 2. The van der Waals surface area contributed by atoms with Crippen molar-refractivity contribution in [2.75, 3.05) is 7.11 Å². The van der Waals surface area contributed by atoms with Crippen LogP contribution in [0.15, 0.2) is 24.5 Å². The zero-order valence-electron chi connectivity index (χ0n) is 11.8. The fourth-order valence-electron chi connectivity index (χ4n) is 2.70. The summed E-state index contributed by atoms with van der Waals surface area (Å²) in [6.07, 6.45) is 8.40. The van der Waals surface area contributed by atoms with Gasteiger partial charge in [0.05, 0.1) is 18.3 Å². The average molecular weight is 264 g/mol. The molecule has 1 aliphatic carbocycles. The van der Waals surface area contributed by atoms with E-state index in [1.54, 1.807) is 13.3 Å². The first kappa shape index (κ1) is 14.4. The Bertz CT molecular complexity index is 370. The molecule has 4 atom stereocenters. The Hall–Kier alpha value is -0.970. The van der Waals surface area contributed by atoms with Crippen LogP contribution >= 0.6 is 0 Å². The van der Waals surface area contributed by atoms with E-state index in [9.17, 15) is 0 Å². The second-order valence-electron chi connectivity index (χ2n) is 5.35. The third-order valence-corrected chi connectivity index (χ3v) is 3.74. The summed E-state index contributed by atoms with van der Waals surface area (Å²) in [6, 6.07) is 3.90. The molecule has 106 valence electrons. The van der Waals surface area contributed by atoms with E-state index in [1.807, 2.05) is 25.3 Å². The van der Waals surface area contributed by atoms with Crippen molar-refractivity contribution in [2.45, 2.75) is 57.0 Å². The van der Waals surface area contributed by atoms with Crippen molar-refractivity contribution in [3.8, 4) is 0 Å². The molecule has 1 aromatic rings. The lowest BCUT2D eigenvalue weighted by atomic mass is 9.94. The molecule has 4 unspecified atom stereocenters. The van der Waals surface area contributed by atoms with E-state index < -0.39 is 0 Å². The van der Waals surface area contributed by atoms with Crippen LogP contribution in [-0.2, 0) is 9.47 Å². The van der Waals surface area contributed by atoms with Crippen molar-refractivity contribution >= 4 is 0 Å². The number of aromatic nitrogens is 1. The quantitative estimate of drug-likeness (QED) is 0.887. The lowest BCUT2D eigenvalue weighted by Crippen LogP contribution is -2.34. The van der Waals surface area contributed by atoms with Gasteiger partial charge in [0.15, 0.2) is 0 Å². The number of nitrogens with two attached hydrogens (primary N) is 1. The van der Waals surface area contributed by atoms with Crippen LogP contribution < -0.4 is 5.73 Å². The molecule has 0 aliphatic heterocycles. The molecule has 0 amide bonds. The topological polar surface area (TPSA) is 57.4 Å². The monoisotopic (exact) mass is 264 g/mol. The van der Waals surface area contributed by atoms with E-state index in [0.29, 0.717) is 6.10 Å². The highest BCUT2D eigenvalue weighted by Gasteiger charge is 2.27. The predicted molar refractivity (Wildman–Crippen MR) is 74.8 cm³/mol. The van der Waals surface area contributed by atoms with Crippen molar-refractivity contribution in [2.24, 2.45) is 5.73 Å². The maximum atomic E-state index is 6.23. The van der Waals surface area contributed by atoms with Crippen molar-refractivity contribution < 1.29 is 9.47 Å². The molecule has 2 rings (SSSR count). The highest BCUT2D eigenvalue weighted by molar-refractivity contribution is 5.14. The number of methoxy groups -OCH3 is 1. The minimum atomic E-state index is -0.0886. The van der Waals surface area contributed by atoms with Crippen molar-refractivity contribution in [1.82, 2.24) is 4.98 Å². The second-order valence-corrected chi connectivity index (χ2v) is 5.35. The summed E-state index contributed by atoms with van der Waals surface area (Å²) >= 11 is 0. The molecule has 0 saturated heterocycles. The van der Waals surface area contributed by atoms with E-state index in [2.05, 4.69) is 4.98 Å². The summed E-state index contributed by atoms with van der Waals surface area (Å²) in [7, 11) is 1.78. The van der Waals surface area contributed by atoms with E-state index in [-0.39, 0.29) is 18.2 Å². The fraction of sp³-hybridized carbons (Fsp3) is 0.667. The first-order valence-electron chi connectivity index (χ1n) is 7.04. The van der Waals surface area contributed by atoms with Gasteiger partial charge in [-0.05, 0) is 38.7 Å². The van der Waals surface area contributed by atoms with E-state index >= 15 is 0 Å². The minimum Gasteiger partial charge on any atom is -0.381 e. The third-order valence-electron chi connectivity index (χ3n) is 3.74. The minimum absolute atomic E-state index is 0.0490. The molecule has 2 N–H and O–H groups in total. The predicted octanol–water partition coefficient (Wildman–Crippen LogP) is 2.44. The van der Waals surface area contributed by atoms with Gasteiger partial charge in [0, 0.05) is 31.1 Å². The van der Waals surface area contributed by atoms with Crippen molar-refractivity contribution in [3.05, 3.63) is 30.1 Å². The SMILES string of the molecule is COC1CCCC(OC(c2cccnc2)C(C)N)C1. The molecule has 0 radical (unpaired) electrons. The fourth-order valence-corrected chi connectivity index (χ4v) is 2.70. The molecule has 1 fully saturated rings. The summed E-state index contributed by atoms with van der Waals surface area (Å²) in [5, 5.41) is 0. The van der Waals surface area contributed by atoms with Crippen molar-refractivity contribution in [3.63, 3.8) is 0 Å². The normalized spacial score (nSPS) is 26.9. The number of rotatable bonds is 5. The summed E-state index contributed by atoms with van der Waals surface area (Å²) < 4.78 is 11.7. The van der Waals surface area contributed by atoms with Gasteiger partial charge in [0.1, 0.15) is 0 Å². The Balaban J connectivity index is 2.01. The Morgan fingerprint density at radius 3 is 2.79 bits per heavy atom. The summed E-state index contributed by atoms with van der Waals surface area (Å²) in [5.41, 5.74) is 7.12. The maximum absolute atomic E-state index is 6.23. The molecule has 1 heterocycles.